The lowest BCUT2D eigenvalue weighted by Gasteiger charge is -2.01. The van der Waals surface area contributed by atoms with E-state index >= 15 is 0 Å². The lowest BCUT2D eigenvalue weighted by Crippen LogP contribution is -2.05. The second kappa shape index (κ2) is 3.99. The van der Waals surface area contributed by atoms with Gasteiger partial charge in [-0.15, -0.1) is 0 Å². The number of hydrogen-bond donors (Lipinski definition) is 0. The van der Waals surface area contributed by atoms with Crippen molar-refractivity contribution in [1.29, 1.82) is 0 Å². The van der Waals surface area contributed by atoms with Gasteiger partial charge in [0.05, 0.1) is 0 Å². The van der Waals surface area contributed by atoms with Crippen LogP contribution in [0, 0.1) is 5.92 Å². The van der Waals surface area contributed by atoms with Crippen LogP contribution in [0.3, 0.4) is 0 Å². The third kappa shape index (κ3) is 2.82. The Balaban J connectivity index is 2.80. The second-order valence-corrected chi connectivity index (χ2v) is 3.30. The smallest absolute Gasteiger partial charge is 0.186 e. The first kappa shape index (κ1) is 9.65. The van der Waals surface area contributed by atoms with Crippen molar-refractivity contribution >= 4 is 11.6 Å². The van der Waals surface area contributed by atoms with Gasteiger partial charge in [0.1, 0.15) is 0 Å². The molecule has 0 spiro atoms. The average molecular weight is 176 g/mol. The van der Waals surface area contributed by atoms with Gasteiger partial charge in [-0.05, 0) is 24.1 Å². The van der Waals surface area contributed by atoms with Gasteiger partial charge in [-0.3, -0.25) is 9.59 Å². The van der Waals surface area contributed by atoms with Crippen molar-refractivity contribution in [3.8, 4) is 0 Å². The number of allylic oxidation sites excluding steroid dienone is 6. The Labute approximate surface area is 77.6 Å². The summed E-state index contributed by atoms with van der Waals surface area (Å²) < 4.78 is 0. The zero-order valence-electron chi connectivity index (χ0n) is 7.78. The fourth-order valence-electron chi connectivity index (χ4n) is 0.953. The normalized spacial score (nSPS) is 17.3. The van der Waals surface area contributed by atoms with Gasteiger partial charge in [0, 0.05) is 5.57 Å². The number of carbonyl (C=O) groups excluding carboxylic acids is 2. The van der Waals surface area contributed by atoms with Crippen LogP contribution < -0.4 is 0 Å². The Morgan fingerprint density at radius 3 is 2.54 bits per heavy atom. The maximum absolute atomic E-state index is 11.2. The van der Waals surface area contributed by atoms with E-state index in [1.165, 1.54) is 18.2 Å². The molecule has 0 aromatic heterocycles. The predicted octanol–water partition coefficient (Wildman–Crippen LogP) is 1.83. The quantitative estimate of drug-likeness (QED) is 0.601. The molecule has 0 saturated carbocycles. The summed E-state index contributed by atoms with van der Waals surface area (Å²) in [4.78, 5) is 22.1. The molecular weight excluding hydrogens is 164 g/mol. The van der Waals surface area contributed by atoms with Crippen LogP contribution in [0.15, 0.2) is 36.0 Å². The Bertz CT molecular complexity index is 317. The molecule has 0 atom stereocenters. The molecule has 68 valence electrons. The maximum Gasteiger partial charge on any atom is 0.186 e. The topological polar surface area (TPSA) is 34.1 Å². The van der Waals surface area contributed by atoms with Crippen molar-refractivity contribution < 1.29 is 9.59 Å². The number of hydrogen-bond acceptors (Lipinski definition) is 2. The fourth-order valence-corrected chi connectivity index (χ4v) is 0.953. The molecule has 13 heavy (non-hydrogen) atoms. The van der Waals surface area contributed by atoms with E-state index in [2.05, 4.69) is 0 Å². The molecule has 0 bridgehead atoms. The minimum absolute atomic E-state index is 0.100. The first-order valence-corrected chi connectivity index (χ1v) is 4.26. The number of carbonyl (C=O) groups is 2. The zero-order chi connectivity index (χ0) is 9.84. The summed E-state index contributed by atoms with van der Waals surface area (Å²) in [6.45, 7) is 4.03. The molecule has 1 rings (SSSR count). The number of ketones is 2. The molecule has 0 radical (unpaired) electrons. The minimum atomic E-state index is -0.122. The van der Waals surface area contributed by atoms with Crippen LogP contribution in [0.1, 0.15) is 13.8 Å². The SMILES string of the molecule is CC(C)/C=C\C1=CC(=O)C=CC1=O. The summed E-state index contributed by atoms with van der Waals surface area (Å²) in [5.41, 5.74) is 0.473. The highest BCUT2D eigenvalue weighted by Crippen LogP contribution is 2.08. The monoisotopic (exact) mass is 176 g/mol. The van der Waals surface area contributed by atoms with Crippen LogP contribution in [0.25, 0.3) is 0 Å². The molecule has 0 aromatic rings. The summed E-state index contributed by atoms with van der Waals surface area (Å²) in [5, 5.41) is 0. The Morgan fingerprint density at radius 1 is 1.23 bits per heavy atom. The summed E-state index contributed by atoms with van der Waals surface area (Å²) in [6, 6.07) is 0. The highest BCUT2D eigenvalue weighted by Gasteiger charge is 2.09. The van der Waals surface area contributed by atoms with Crippen LogP contribution in [0.5, 0.6) is 0 Å². The first-order chi connectivity index (χ1) is 6.09. The standard InChI is InChI=1S/C11H12O2/c1-8(2)3-4-9-7-10(12)5-6-11(9)13/h3-8H,1-2H3/b4-3-. The fraction of sp³-hybridized carbons (Fsp3) is 0.273. The molecule has 0 unspecified atom stereocenters. The Kier molecular flexibility index (Phi) is 2.96. The first-order valence-electron chi connectivity index (χ1n) is 4.26. The molecule has 0 saturated heterocycles. The van der Waals surface area contributed by atoms with E-state index in [9.17, 15) is 9.59 Å². The largest absolute Gasteiger partial charge is 0.290 e. The summed E-state index contributed by atoms with van der Waals surface area (Å²) >= 11 is 0. The lowest BCUT2D eigenvalue weighted by molar-refractivity contribution is -0.114. The van der Waals surface area contributed by atoms with Crippen molar-refractivity contribution in [2.45, 2.75) is 13.8 Å². The molecular formula is C11H12O2. The van der Waals surface area contributed by atoms with Crippen LogP contribution >= 0.6 is 0 Å². The van der Waals surface area contributed by atoms with Crippen LogP contribution in [-0.4, -0.2) is 11.6 Å². The molecule has 0 aliphatic heterocycles. The molecule has 0 amide bonds. The molecule has 0 fully saturated rings. The van der Waals surface area contributed by atoms with Crippen molar-refractivity contribution in [1.82, 2.24) is 0 Å². The average Bonchev–Trinajstić information content (AvgIpc) is 2.06. The highest BCUT2D eigenvalue weighted by molar-refractivity contribution is 6.18. The van der Waals surface area contributed by atoms with Gasteiger partial charge in [0.2, 0.25) is 0 Å². The third-order valence-electron chi connectivity index (χ3n) is 1.64. The highest BCUT2D eigenvalue weighted by atomic mass is 16.1. The third-order valence-corrected chi connectivity index (χ3v) is 1.64. The lowest BCUT2D eigenvalue weighted by atomic mass is 10.0. The van der Waals surface area contributed by atoms with Gasteiger partial charge in [-0.25, -0.2) is 0 Å². The molecule has 0 heterocycles. The molecule has 2 heteroatoms. The van der Waals surface area contributed by atoms with Crippen LogP contribution in [0.2, 0.25) is 0 Å². The van der Waals surface area contributed by atoms with Gasteiger partial charge in [-0.1, -0.05) is 26.0 Å². The van der Waals surface area contributed by atoms with Crippen molar-refractivity contribution in [3.63, 3.8) is 0 Å². The second-order valence-electron chi connectivity index (χ2n) is 3.30. The van der Waals surface area contributed by atoms with E-state index in [-0.39, 0.29) is 11.6 Å². The predicted molar refractivity (Wildman–Crippen MR) is 51.2 cm³/mol. The maximum atomic E-state index is 11.2. The van der Waals surface area contributed by atoms with Crippen LogP contribution in [0.4, 0.5) is 0 Å². The van der Waals surface area contributed by atoms with E-state index in [0.717, 1.165) is 0 Å². The molecule has 1 aliphatic carbocycles. The van der Waals surface area contributed by atoms with Gasteiger partial charge in [0.25, 0.3) is 0 Å². The van der Waals surface area contributed by atoms with Gasteiger partial charge in [0.15, 0.2) is 11.6 Å². The summed E-state index contributed by atoms with van der Waals surface area (Å²) in [7, 11) is 0. The van der Waals surface area contributed by atoms with Crippen molar-refractivity contribution in [2.24, 2.45) is 5.92 Å². The van der Waals surface area contributed by atoms with Gasteiger partial charge < -0.3 is 0 Å². The van der Waals surface area contributed by atoms with Gasteiger partial charge in [-0.2, -0.15) is 0 Å². The summed E-state index contributed by atoms with van der Waals surface area (Å²) in [6.07, 6.45) is 7.56. The Morgan fingerprint density at radius 2 is 1.92 bits per heavy atom. The van der Waals surface area contributed by atoms with Crippen molar-refractivity contribution in [3.05, 3.63) is 36.0 Å². The molecule has 2 nitrogen and oxygen atoms in total. The molecule has 0 aromatic carbocycles. The van der Waals surface area contributed by atoms with E-state index in [0.29, 0.717) is 11.5 Å². The summed E-state index contributed by atoms with van der Waals surface area (Å²) in [5.74, 6) is 0.161. The van der Waals surface area contributed by atoms with Crippen molar-refractivity contribution in [2.75, 3.05) is 0 Å². The van der Waals surface area contributed by atoms with Gasteiger partial charge >= 0.3 is 0 Å². The Hall–Kier alpha value is -1.44. The van der Waals surface area contributed by atoms with E-state index in [4.69, 9.17) is 0 Å². The van der Waals surface area contributed by atoms with E-state index in [1.807, 2.05) is 19.9 Å². The molecule has 1 aliphatic rings. The number of rotatable bonds is 2. The van der Waals surface area contributed by atoms with E-state index in [1.54, 1.807) is 6.08 Å². The minimum Gasteiger partial charge on any atom is -0.290 e. The van der Waals surface area contributed by atoms with Crippen LogP contribution in [-0.2, 0) is 9.59 Å². The molecule has 0 N–H and O–H groups in total. The zero-order valence-corrected chi connectivity index (χ0v) is 7.78. The van der Waals surface area contributed by atoms with E-state index < -0.39 is 0 Å².